The molecule has 0 heterocycles. The van der Waals surface area contributed by atoms with Gasteiger partial charge in [-0.1, -0.05) is 22.9 Å². The number of likely N-dealkylation sites (N-methyl/N-ethyl adjacent to an activating group) is 1. The van der Waals surface area contributed by atoms with Gasteiger partial charge >= 0.3 is 0 Å². The normalized spacial score (nSPS) is 13.7. The van der Waals surface area contributed by atoms with Crippen molar-refractivity contribution in [3.05, 3.63) is 22.7 Å². The summed E-state index contributed by atoms with van der Waals surface area (Å²) in [5.74, 6) is 0.0131. The number of nitrogens with two attached hydrogens (primary N) is 1. The molecular formula is C14H22BrN3O. The van der Waals surface area contributed by atoms with E-state index in [4.69, 9.17) is 5.73 Å². The zero-order valence-corrected chi connectivity index (χ0v) is 13.5. The van der Waals surface area contributed by atoms with Gasteiger partial charge in [-0.05, 0) is 38.5 Å². The van der Waals surface area contributed by atoms with E-state index < -0.39 is 0 Å². The Bertz CT molecular complexity index is 450. The highest BCUT2D eigenvalue weighted by atomic mass is 79.9. The lowest BCUT2D eigenvalue weighted by atomic mass is 10.2. The fraction of sp³-hybridized carbons (Fsp3) is 0.500. The molecule has 1 amide bonds. The number of carbonyl (C=O) groups excluding carboxylic acids is 1. The van der Waals surface area contributed by atoms with Gasteiger partial charge in [-0.2, -0.15) is 0 Å². The summed E-state index contributed by atoms with van der Waals surface area (Å²) in [6, 6.07) is 5.59. The third-order valence-corrected chi connectivity index (χ3v) is 3.82. The molecule has 1 rings (SSSR count). The number of benzene rings is 1. The van der Waals surface area contributed by atoms with E-state index in [0.29, 0.717) is 5.69 Å². The van der Waals surface area contributed by atoms with Gasteiger partial charge in [0.1, 0.15) is 6.04 Å². The van der Waals surface area contributed by atoms with Crippen LogP contribution < -0.4 is 16.0 Å². The van der Waals surface area contributed by atoms with E-state index in [1.165, 1.54) is 0 Å². The highest BCUT2D eigenvalue weighted by Crippen LogP contribution is 2.27. The molecule has 0 radical (unpaired) electrons. The fourth-order valence-corrected chi connectivity index (χ4v) is 2.08. The van der Waals surface area contributed by atoms with Crippen LogP contribution in [0.5, 0.6) is 0 Å². The molecule has 0 saturated heterocycles. The van der Waals surface area contributed by atoms with Crippen molar-refractivity contribution in [2.75, 3.05) is 17.7 Å². The lowest BCUT2D eigenvalue weighted by molar-refractivity contribution is -0.122. The summed E-state index contributed by atoms with van der Waals surface area (Å²) < 4.78 is 0.929. The van der Waals surface area contributed by atoms with Crippen LogP contribution in [0.1, 0.15) is 27.2 Å². The molecule has 1 aromatic rings. The van der Waals surface area contributed by atoms with Crippen molar-refractivity contribution < 1.29 is 4.79 Å². The smallest absolute Gasteiger partial charge is 0.242 e. The first-order valence-electron chi connectivity index (χ1n) is 6.45. The molecule has 0 spiro atoms. The highest BCUT2D eigenvalue weighted by Gasteiger charge is 2.20. The summed E-state index contributed by atoms with van der Waals surface area (Å²) in [4.78, 5) is 14.0. The number of rotatable bonds is 5. The van der Waals surface area contributed by atoms with Crippen LogP contribution in [-0.2, 0) is 4.79 Å². The Morgan fingerprint density at radius 1 is 1.47 bits per heavy atom. The van der Waals surface area contributed by atoms with Crippen molar-refractivity contribution in [2.24, 2.45) is 0 Å². The van der Waals surface area contributed by atoms with Gasteiger partial charge in [-0.3, -0.25) is 4.79 Å². The molecule has 0 bridgehead atoms. The maximum absolute atomic E-state index is 12.1. The zero-order chi connectivity index (χ0) is 14.6. The summed E-state index contributed by atoms with van der Waals surface area (Å²) in [6.07, 6.45) is 0.919. The van der Waals surface area contributed by atoms with E-state index >= 15 is 0 Å². The minimum Gasteiger partial charge on any atom is -0.397 e. The van der Waals surface area contributed by atoms with Gasteiger partial charge in [0, 0.05) is 17.6 Å². The molecule has 1 aromatic carbocycles. The average Bonchev–Trinajstić information content (AvgIpc) is 2.36. The van der Waals surface area contributed by atoms with Crippen LogP contribution >= 0.6 is 15.9 Å². The van der Waals surface area contributed by atoms with E-state index in [-0.39, 0.29) is 18.0 Å². The summed E-state index contributed by atoms with van der Waals surface area (Å²) in [5.41, 5.74) is 7.49. The minimum atomic E-state index is -0.266. The largest absolute Gasteiger partial charge is 0.397 e. The van der Waals surface area contributed by atoms with E-state index in [2.05, 4.69) is 21.2 Å². The summed E-state index contributed by atoms with van der Waals surface area (Å²) in [7, 11) is 1.88. The number of carbonyl (C=O) groups is 1. The number of nitrogens with one attached hydrogen (secondary N) is 1. The number of anilines is 2. The van der Waals surface area contributed by atoms with Crippen LogP contribution in [0.25, 0.3) is 0 Å². The Kier molecular flexibility index (Phi) is 5.66. The van der Waals surface area contributed by atoms with E-state index in [0.717, 1.165) is 16.6 Å². The Hall–Kier alpha value is -1.23. The average molecular weight is 328 g/mol. The second kappa shape index (κ2) is 6.80. The molecule has 2 atom stereocenters. The van der Waals surface area contributed by atoms with Crippen molar-refractivity contribution in [1.82, 2.24) is 5.32 Å². The van der Waals surface area contributed by atoms with E-state index in [1.54, 1.807) is 0 Å². The Morgan fingerprint density at radius 2 is 2.11 bits per heavy atom. The predicted octanol–water partition coefficient (Wildman–Crippen LogP) is 2.77. The van der Waals surface area contributed by atoms with Crippen LogP contribution in [0, 0.1) is 0 Å². The van der Waals surface area contributed by atoms with Crippen LogP contribution in [0.4, 0.5) is 11.4 Å². The molecular weight excluding hydrogens is 306 g/mol. The predicted molar refractivity (Wildman–Crippen MR) is 84.3 cm³/mol. The number of amides is 1. The SMILES string of the molecule is CCC(C)NC(=O)C(C)N(C)c1ccc(Br)cc1N. The maximum atomic E-state index is 12.1. The highest BCUT2D eigenvalue weighted by molar-refractivity contribution is 9.10. The molecule has 0 aliphatic carbocycles. The third-order valence-electron chi connectivity index (χ3n) is 3.33. The standard InChI is InChI=1S/C14H22BrN3O/c1-5-9(2)17-14(19)10(3)18(4)13-7-6-11(15)8-12(13)16/h6-10H,5,16H2,1-4H3,(H,17,19). The molecule has 0 aromatic heterocycles. The maximum Gasteiger partial charge on any atom is 0.242 e. The summed E-state index contributed by atoms with van der Waals surface area (Å²) in [6.45, 7) is 5.92. The first-order chi connectivity index (χ1) is 8.86. The van der Waals surface area contributed by atoms with Gasteiger partial charge in [0.05, 0.1) is 11.4 Å². The first-order valence-corrected chi connectivity index (χ1v) is 7.24. The van der Waals surface area contributed by atoms with Crippen LogP contribution in [0.3, 0.4) is 0 Å². The van der Waals surface area contributed by atoms with E-state index in [9.17, 15) is 4.79 Å². The second-order valence-electron chi connectivity index (χ2n) is 4.81. The summed E-state index contributed by atoms with van der Waals surface area (Å²) in [5, 5.41) is 2.98. The topological polar surface area (TPSA) is 58.4 Å². The Morgan fingerprint density at radius 3 is 2.63 bits per heavy atom. The number of hydrogen-bond acceptors (Lipinski definition) is 3. The third kappa shape index (κ3) is 4.13. The molecule has 5 heteroatoms. The van der Waals surface area contributed by atoms with Gasteiger partial charge in [0.25, 0.3) is 0 Å². The monoisotopic (exact) mass is 327 g/mol. The van der Waals surface area contributed by atoms with Crippen molar-refractivity contribution in [3.63, 3.8) is 0 Å². The van der Waals surface area contributed by atoms with Crippen molar-refractivity contribution >= 4 is 33.2 Å². The number of nitrogen functional groups attached to an aromatic ring is 1. The van der Waals surface area contributed by atoms with Gasteiger partial charge in [-0.25, -0.2) is 0 Å². The molecule has 19 heavy (non-hydrogen) atoms. The molecule has 106 valence electrons. The molecule has 4 nitrogen and oxygen atoms in total. The van der Waals surface area contributed by atoms with Crippen molar-refractivity contribution in [2.45, 2.75) is 39.3 Å². The van der Waals surface area contributed by atoms with Crippen LogP contribution in [0.15, 0.2) is 22.7 Å². The lowest BCUT2D eigenvalue weighted by Crippen LogP contribution is -2.46. The Labute approximate surface area is 123 Å². The van der Waals surface area contributed by atoms with Crippen molar-refractivity contribution in [1.29, 1.82) is 0 Å². The van der Waals surface area contributed by atoms with Gasteiger partial charge in [0.2, 0.25) is 5.91 Å². The van der Waals surface area contributed by atoms with Crippen molar-refractivity contribution in [3.8, 4) is 0 Å². The molecule has 3 N–H and O–H groups in total. The molecule has 0 aliphatic heterocycles. The molecule has 2 unspecified atom stereocenters. The van der Waals surface area contributed by atoms with Crippen LogP contribution in [0.2, 0.25) is 0 Å². The van der Waals surface area contributed by atoms with Gasteiger partial charge in [0.15, 0.2) is 0 Å². The second-order valence-corrected chi connectivity index (χ2v) is 5.72. The fourth-order valence-electron chi connectivity index (χ4n) is 1.70. The van der Waals surface area contributed by atoms with Crippen LogP contribution in [-0.4, -0.2) is 25.0 Å². The molecule has 0 saturated carbocycles. The number of halogens is 1. The minimum absolute atomic E-state index is 0.0131. The van der Waals surface area contributed by atoms with Gasteiger partial charge in [-0.15, -0.1) is 0 Å². The first kappa shape index (κ1) is 15.8. The summed E-state index contributed by atoms with van der Waals surface area (Å²) >= 11 is 3.38. The zero-order valence-electron chi connectivity index (χ0n) is 11.9. The molecule has 0 fully saturated rings. The molecule has 0 aliphatic rings. The quantitative estimate of drug-likeness (QED) is 0.817. The number of hydrogen-bond donors (Lipinski definition) is 2. The number of nitrogens with zero attached hydrogens (tertiary/aromatic N) is 1. The lowest BCUT2D eigenvalue weighted by Gasteiger charge is -2.28. The Balaban J connectivity index is 2.81. The van der Waals surface area contributed by atoms with E-state index in [1.807, 2.05) is 50.9 Å². The van der Waals surface area contributed by atoms with Gasteiger partial charge < -0.3 is 16.0 Å².